The number of benzene rings is 1. The van der Waals surface area contributed by atoms with Crippen molar-refractivity contribution in [2.75, 3.05) is 32.3 Å². The summed E-state index contributed by atoms with van der Waals surface area (Å²) in [5, 5.41) is 11.9. The van der Waals surface area contributed by atoms with Crippen molar-refractivity contribution in [3.8, 4) is 11.5 Å². The Morgan fingerprint density at radius 1 is 1.32 bits per heavy atom. The summed E-state index contributed by atoms with van der Waals surface area (Å²) in [5.41, 5.74) is 0.586. The first-order chi connectivity index (χ1) is 13.4. The summed E-state index contributed by atoms with van der Waals surface area (Å²) in [7, 11) is 3.03. The molecule has 2 heterocycles. The summed E-state index contributed by atoms with van der Waals surface area (Å²) in [5.74, 6) is 1.24. The molecule has 0 aromatic heterocycles. The average molecular weight is 425 g/mol. The molecule has 2 N–H and O–H groups in total. The van der Waals surface area contributed by atoms with Crippen molar-refractivity contribution in [3.63, 3.8) is 0 Å². The average Bonchev–Trinajstić information content (AvgIpc) is 3.19. The van der Waals surface area contributed by atoms with Gasteiger partial charge in [-0.15, -0.1) is 0 Å². The number of amides is 3. The van der Waals surface area contributed by atoms with E-state index in [0.717, 1.165) is 16.7 Å². The fourth-order valence-electron chi connectivity index (χ4n) is 2.81. The topological polar surface area (TPSA) is 105 Å². The molecule has 1 aromatic carbocycles. The lowest BCUT2D eigenvalue weighted by Gasteiger charge is -2.18. The lowest BCUT2D eigenvalue weighted by atomic mass is 10.1. The van der Waals surface area contributed by atoms with Crippen molar-refractivity contribution in [3.05, 3.63) is 28.7 Å². The number of ether oxygens (including phenoxy) is 2. The monoisotopic (exact) mass is 424 g/mol. The van der Waals surface area contributed by atoms with Gasteiger partial charge in [0.05, 0.1) is 31.3 Å². The van der Waals surface area contributed by atoms with E-state index in [1.165, 1.54) is 26.0 Å². The van der Waals surface area contributed by atoms with Gasteiger partial charge in [0.2, 0.25) is 5.91 Å². The van der Waals surface area contributed by atoms with E-state index in [1.807, 2.05) is 0 Å². The highest BCUT2D eigenvalue weighted by Gasteiger charge is 2.37. The van der Waals surface area contributed by atoms with Gasteiger partial charge in [-0.05, 0) is 36.0 Å². The zero-order valence-corrected chi connectivity index (χ0v) is 17.0. The van der Waals surface area contributed by atoms with E-state index in [1.54, 1.807) is 24.3 Å². The van der Waals surface area contributed by atoms with Gasteiger partial charge in [0, 0.05) is 17.1 Å². The molecule has 3 rings (SSSR count). The molecular formula is C18H20N2O6S2. The molecule has 0 aliphatic carbocycles. The van der Waals surface area contributed by atoms with Gasteiger partial charge in [-0.2, -0.15) is 11.8 Å². The van der Waals surface area contributed by atoms with Crippen molar-refractivity contribution in [1.82, 2.24) is 10.2 Å². The van der Waals surface area contributed by atoms with Crippen LogP contribution in [0.2, 0.25) is 0 Å². The maximum absolute atomic E-state index is 12.6. The van der Waals surface area contributed by atoms with Crippen LogP contribution < -0.4 is 14.8 Å². The van der Waals surface area contributed by atoms with Gasteiger partial charge in [0.15, 0.2) is 0 Å². The molecule has 3 amide bonds. The highest BCUT2D eigenvalue weighted by atomic mass is 32.2. The summed E-state index contributed by atoms with van der Waals surface area (Å²) in [4.78, 5) is 38.1. The third kappa shape index (κ3) is 4.45. The third-order valence-electron chi connectivity index (χ3n) is 4.30. The number of aliphatic hydroxyl groups is 1. The predicted molar refractivity (Wildman–Crippen MR) is 107 cm³/mol. The van der Waals surface area contributed by atoms with Gasteiger partial charge in [0.1, 0.15) is 18.0 Å². The molecule has 0 spiro atoms. The lowest BCUT2D eigenvalue weighted by Crippen LogP contribution is -2.47. The van der Waals surface area contributed by atoms with Crippen LogP contribution in [0.25, 0.3) is 6.08 Å². The SMILES string of the molecule is COc1ccc(OC)c(/C=C2\SC(=O)N(CC(=O)N[C@@H]3CSC[C@H]3O)C2=O)c1. The van der Waals surface area contributed by atoms with Crippen LogP contribution in [0.15, 0.2) is 23.1 Å². The van der Waals surface area contributed by atoms with Gasteiger partial charge >= 0.3 is 0 Å². The Labute approximate surface area is 170 Å². The lowest BCUT2D eigenvalue weighted by molar-refractivity contribution is -0.129. The van der Waals surface area contributed by atoms with Crippen LogP contribution in [0.5, 0.6) is 11.5 Å². The second-order valence-electron chi connectivity index (χ2n) is 6.15. The molecule has 28 heavy (non-hydrogen) atoms. The van der Waals surface area contributed by atoms with E-state index in [9.17, 15) is 19.5 Å². The zero-order chi connectivity index (χ0) is 20.3. The number of hydrogen-bond donors (Lipinski definition) is 2. The summed E-state index contributed by atoms with van der Waals surface area (Å²) >= 11 is 2.30. The van der Waals surface area contributed by atoms with Crippen LogP contribution in [0.3, 0.4) is 0 Å². The Bertz CT molecular complexity index is 828. The normalized spacial score (nSPS) is 23.4. The molecule has 1 aromatic rings. The molecule has 150 valence electrons. The minimum Gasteiger partial charge on any atom is -0.497 e. The minimum absolute atomic E-state index is 0.195. The van der Waals surface area contributed by atoms with Crippen molar-refractivity contribution < 1.29 is 29.0 Å². The number of nitrogens with zero attached hydrogens (tertiary/aromatic N) is 1. The first kappa shape index (κ1) is 20.6. The second-order valence-corrected chi connectivity index (χ2v) is 8.22. The van der Waals surface area contributed by atoms with E-state index in [-0.39, 0.29) is 17.5 Å². The molecule has 0 unspecified atom stereocenters. The largest absolute Gasteiger partial charge is 0.497 e. The second kappa shape index (κ2) is 8.89. The molecule has 0 saturated carbocycles. The van der Waals surface area contributed by atoms with Crippen LogP contribution in [0.4, 0.5) is 4.79 Å². The zero-order valence-electron chi connectivity index (χ0n) is 15.3. The first-order valence-corrected chi connectivity index (χ1v) is 10.4. The highest BCUT2D eigenvalue weighted by Crippen LogP contribution is 2.35. The Morgan fingerprint density at radius 3 is 2.75 bits per heavy atom. The van der Waals surface area contributed by atoms with Crippen LogP contribution in [-0.2, 0) is 9.59 Å². The minimum atomic E-state index is -0.621. The highest BCUT2D eigenvalue weighted by molar-refractivity contribution is 8.18. The fourth-order valence-corrected chi connectivity index (χ4v) is 4.81. The number of methoxy groups -OCH3 is 2. The standard InChI is InChI=1S/C18H20N2O6S2/c1-25-11-3-4-14(26-2)10(5-11)6-15-17(23)20(18(24)28-15)7-16(22)19-12-8-27-9-13(12)21/h3-6,12-13,21H,7-9H2,1-2H3,(H,19,22)/b15-6-/t12-,13-/m1/s1. The van der Waals surface area contributed by atoms with Gasteiger partial charge < -0.3 is 19.9 Å². The maximum Gasteiger partial charge on any atom is 0.294 e. The Balaban J connectivity index is 1.73. The van der Waals surface area contributed by atoms with E-state index >= 15 is 0 Å². The quantitative estimate of drug-likeness (QED) is 0.659. The Kier molecular flexibility index (Phi) is 6.53. The molecule has 2 saturated heterocycles. The number of aliphatic hydroxyl groups excluding tert-OH is 1. The molecule has 0 bridgehead atoms. The number of carbonyl (C=O) groups is 3. The molecule has 0 radical (unpaired) electrons. The number of thioether (sulfide) groups is 2. The number of nitrogens with one attached hydrogen (secondary N) is 1. The maximum atomic E-state index is 12.6. The number of carbonyl (C=O) groups excluding carboxylic acids is 3. The van der Waals surface area contributed by atoms with Crippen molar-refractivity contribution >= 4 is 46.7 Å². The smallest absolute Gasteiger partial charge is 0.294 e. The Hall–Kier alpha value is -2.17. The number of rotatable bonds is 6. The van der Waals surface area contributed by atoms with Gasteiger partial charge in [0.25, 0.3) is 11.1 Å². The molecule has 2 fully saturated rings. The van der Waals surface area contributed by atoms with Gasteiger partial charge in [-0.3, -0.25) is 19.3 Å². The summed E-state index contributed by atoms with van der Waals surface area (Å²) in [6.45, 7) is -0.384. The Morgan fingerprint density at radius 2 is 2.11 bits per heavy atom. The van der Waals surface area contributed by atoms with E-state index < -0.39 is 23.2 Å². The molecule has 8 nitrogen and oxygen atoms in total. The molecule has 2 aliphatic rings. The predicted octanol–water partition coefficient (Wildman–Crippen LogP) is 1.33. The molecular weight excluding hydrogens is 404 g/mol. The van der Waals surface area contributed by atoms with E-state index in [0.29, 0.717) is 28.6 Å². The summed E-state index contributed by atoms with van der Waals surface area (Å²) in [6.07, 6.45) is 0.922. The molecule has 10 heteroatoms. The third-order valence-corrected chi connectivity index (χ3v) is 6.38. The molecule has 2 atom stereocenters. The van der Waals surface area contributed by atoms with Gasteiger partial charge in [-0.1, -0.05) is 0 Å². The number of hydrogen-bond acceptors (Lipinski definition) is 8. The number of imide groups is 1. The van der Waals surface area contributed by atoms with Crippen LogP contribution in [-0.4, -0.2) is 71.5 Å². The van der Waals surface area contributed by atoms with E-state index in [4.69, 9.17) is 9.47 Å². The fraction of sp³-hybridized carbons (Fsp3) is 0.389. The van der Waals surface area contributed by atoms with Crippen molar-refractivity contribution in [2.24, 2.45) is 0 Å². The first-order valence-electron chi connectivity index (χ1n) is 8.45. The van der Waals surface area contributed by atoms with Crippen LogP contribution >= 0.6 is 23.5 Å². The molecule has 2 aliphatic heterocycles. The van der Waals surface area contributed by atoms with E-state index in [2.05, 4.69) is 5.32 Å². The summed E-state index contributed by atoms with van der Waals surface area (Å²) < 4.78 is 10.5. The van der Waals surface area contributed by atoms with Gasteiger partial charge in [-0.25, -0.2) is 0 Å². The van der Waals surface area contributed by atoms with Crippen molar-refractivity contribution in [2.45, 2.75) is 12.1 Å². The summed E-state index contributed by atoms with van der Waals surface area (Å²) in [6, 6.07) is 4.75. The van der Waals surface area contributed by atoms with Crippen LogP contribution in [0, 0.1) is 0 Å². The van der Waals surface area contributed by atoms with Crippen LogP contribution in [0.1, 0.15) is 5.56 Å². The van der Waals surface area contributed by atoms with Crippen molar-refractivity contribution in [1.29, 1.82) is 0 Å².